The van der Waals surface area contributed by atoms with E-state index < -0.39 is 0 Å². The fourth-order valence-electron chi connectivity index (χ4n) is 3.43. The summed E-state index contributed by atoms with van der Waals surface area (Å²) in [6, 6.07) is 1.55. The van der Waals surface area contributed by atoms with Crippen LogP contribution < -0.4 is 5.32 Å². The lowest BCUT2D eigenvalue weighted by molar-refractivity contribution is 0.0794. The van der Waals surface area contributed by atoms with Crippen molar-refractivity contribution in [3.8, 4) is 0 Å². The third-order valence-electron chi connectivity index (χ3n) is 4.34. The van der Waals surface area contributed by atoms with Gasteiger partial charge in [-0.2, -0.15) is 0 Å². The average Bonchev–Trinajstić information content (AvgIpc) is 2.28. The fraction of sp³-hybridized carbons (Fsp3) is 1.00. The Morgan fingerprint density at radius 2 is 1.67 bits per heavy atom. The smallest absolute Gasteiger partial charge is 0.0113 e. The van der Waals surface area contributed by atoms with Crippen LogP contribution >= 0.6 is 0 Å². The zero-order valence-corrected chi connectivity index (χ0v) is 12.7. The molecular formula is C15H31N3. The fourth-order valence-corrected chi connectivity index (χ4v) is 3.43. The van der Waals surface area contributed by atoms with E-state index in [0.29, 0.717) is 0 Å². The highest BCUT2D eigenvalue weighted by atomic mass is 15.3. The molecule has 0 radical (unpaired) electrons. The van der Waals surface area contributed by atoms with Crippen molar-refractivity contribution in [3.63, 3.8) is 0 Å². The molecule has 1 saturated heterocycles. The molecule has 2 fully saturated rings. The van der Waals surface area contributed by atoms with Crippen molar-refractivity contribution < 1.29 is 0 Å². The lowest BCUT2D eigenvalue weighted by Gasteiger charge is -2.43. The van der Waals surface area contributed by atoms with Gasteiger partial charge in [0.05, 0.1) is 0 Å². The highest BCUT2D eigenvalue weighted by Gasteiger charge is 2.29. The van der Waals surface area contributed by atoms with E-state index in [0.717, 1.165) is 12.1 Å². The second kappa shape index (κ2) is 5.89. The number of hydrogen-bond donors (Lipinski definition) is 1. The first-order valence-corrected chi connectivity index (χ1v) is 7.64. The lowest BCUT2D eigenvalue weighted by atomic mass is 9.88. The number of hydrogen-bond acceptors (Lipinski definition) is 3. The molecule has 0 bridgehead atoms. The molecule has 2 aliphatic rings. The second-order valence-corrected chi connectivity index (χ2v) is 7.25. The number of piperazine rings is 1. The maximum Gasteiger partial charge on any atom is 0.0113 e. The largest absolute Gasteiger partial charge is 0.309 e. The Morgan fingerprint density at radius 1 is 1.00 bits per heavy atom. The van der Waals surface area contributed by atoms with Crippen molar-refractivity contribution in [1.29, 1.82) is 0 Å². The maximum absolute atomic E-state index is 3.80. The van der Waals surface area contributed by atoms with Crippen LogP contribution in [0.3, 0.4) is 0 Å². The predicted octanol–water partition coefficient (Wildman–Crippen LogP) is 1.93. The SMILES string of the molecule is CN1CCN([C@H]2CCC[C@@H](NC(C)(C)C)C2)CC1. The van der Waals surface area contributed by atoms with E-state index in [1.807, 2.05) is 0 Å². The molecule has 0 aromatic rings. The van der Waals surface area contributed by atoms with Crippen molar-refractivity contribution in [1.82, 2.24) is 15.1 Å². The molecule has 0 unspecified atom stereocenters. The number of nitrogens with zero attached hydrogens (tertiary/aromatic N) is 2. The van der Waals surface area contributed by atoms with Crippen molar-refractivity contribution in [2.75, 3.05) is 33.2 Å². The van der Waals surface area contributed by atoms with E-state index in [1.165, 1.54) is 51.9 Å². The first-order valence-electron chi connectivity index (χ1n) is 7.64. The Kier molecular flexibility index (Phi) is 4.68. The number of nitrogens with one attached hydrogen (secondary N) is 1. The Labute approximate surface area is 113 Å². The minimum Gasteiger partial charge on any atom is -0.309 e. The monoisotopic (exact) mass is 253 g/mol. The van der Waals surface area contributed by atoms with E-state index in [2.05, 4.69) is 42.9 Å². The molecule has 1 saturated carbocycles. The quantitative estimate of drug-likeness (QED) is 0.811. The summed E-state index contributed by atoms with van der Waals surface area (Å²) in [7, 11) is 2.24. The van der Waals surface area contributed by atoms with Crippen molar-refractivity contribution in [2.45, 2.75) is 64.1 Å². The molecule has 3 nitrogen and oxygen atoms in total. The lowest BCUT2D eigenvalue weighted by Crippen LogP contribution is -2.53. The first-order chi connectivity index (χ1) is 8.44. The molecule has 2 rings (SSSR count). The van der Waals surface area contributed by atoms with Gasteiger partial charge in [0.25, 0.3) is 0 Å². The molecule has 0 spiro atoms. The van der Waals surface area contributed by atoms with E-state index in [9.17, 15) is 0 Å². The van der Waals surface area contributed by atoms with Crippen LogP contribution in [0.1, 0.15) is 46.5 Å². The predicted molar refractivity (Wildman–Crippen MR) is 78.0 cm³/mol. The summed E-state index contributed by atoms with van der Waals surface area (Å²) in [5.74, 6) is 0. The summed E-state index contributed by atoms with van der Waals surface area (Å²) >= 11 is 0. The van der Waals surface area contributed by atoms with E-state index >= 15 is 0 Å². The Hall–Kier alpha value is -0.120. The Balaban J connectivity index is 1.83. The standard InChI is InChI=1S/C15H31N3/c1-15(2,3)16-13-6-5-7-14(12-13)18-10-8-17(4)9-11-18/h13-14,16H,5-12H2,1-4H3/t13-,14+/m1/s1. The zero-order valence-electron chi connectivity index (χ0n) is 12.7. The van der Waals surface area contributed by atoms with Gasteiger partial charge in [0, 0.05) is 43.8 Å². The van der Waals surface area contributed by atoms with Gasteiger partial charge in [-0.25, -0.2) is 0 Å². The highest BCUT2D eigenvalue weighted by Crippen LogP contribution is 2.25. The average molecular weight is 253 g/mol. The van der Waals surface area contributed by atoms with Gasteiger partial charge in [0.15, 0.2) is 0 Å². The van der Waals surface area contributed by atoms with Gasteiger partial charge in [0.1, 0.15) is 0 Å². The summed E-state index contributed by atoms with van der Waals surface area (Å²) < 4.78 is 0. The summed E-state index contributed by atoms with van der Waals surface area (Å²) in [6.45, 7) is 11.9. The molecule has 2 atom stereocenters. The Morgan fingerprint density at radius 3 is 2.28 bits per heavy atom. The summed E-state index contributed by atoms with van der Waals surface area (Å²) in [4.78, 5) is 5.18. The van der Waals surface area contributed by atoms with E-state index in [1.54, 1.807) is 0 Å². The molecule has 0 amide bonds. The Bertz CT molecular complexity index is 251. The molecule has 0 aromatic heterocycles. The maximum atomic E-state index is 3.80. The van der Waals surface area contributed by atoms with E-state index in [-0.39, 0.29) is 5.54 Å². The minimum absolute atomic E-state index is 0.259. The van der Waals surface area contributed by atoms with Crippen LogP contribution in [0, 0.1) is 0 Å². The summed E-state index contributed by atoms with van der Waals surface area (Å²) in [5.41, 5.74) is 0.259. The second-order valence-electron chi connectivity index (χ2n) is 7.25. The van der Waals surface area contributed by atoms with Crippen LogP contribution in [0.4, 0.5) is 0 Å². The van der Waals surface area contributed by atoms with Gasteiger partial charge in [-0.3, -0.25) is 4.90 Å². The highest BCUT2D eigenvalue weighted by molar-refractivity contribution is 4.88. The van der Waals surface area contributed by atoms with E-state index in [4.69, 9.17) is 0 Å². The van der Waals surface area contributed by atoms with Crippen LogP contribution in [0.5, 0.6) is 0 Å². The van der Waals surface area contributed by atoms with Gasteiger partial charge < -0.3 is 10.2 Å². The van der Waals surface area contributed by atoms with Crippen LogP contribution in [-0.4, -0.2) is 60.6 Å². The normalized spacial score (nSPS) is 32.7. The molecule has 1 N–H and O–H groups in total. The topological polar surface area (TPSA) is 18.5 Å². The van der Waals surface area contributed by atoms with Crippen molar-refractivity contribution in [2.24, 2.45) is 0 Å². The van der Waals surface area contributed by atoms with Crippen LogP contribution in [0.2, 0.25) is 0 Å². The molecule has 0 aromatic carbocycles. The number of likely N-dealkylation sites (N-methyl/N-ethyl adjacent to an activating group) is 1. The van der Waals surface area contributed by atoms with Gasteiger partial charge >= 0.3 is 0 Å². The molecule has 1 aliphatic heterocycles. The first kappa shape index (κ1) is 14.3. The molecule has 106 valence electrons. The third kappa shape index (κ3) is 4.22. The van der Waals surface area contributed by atoms with Gasteiger partial charge in [-0.1, -0.05) is 6.42 Å². The molecular weight excluding hydrogens is 222 g/mol. The van der Waals surface area contributed by atoms with Crippen LogP contribution in [0.25, 0.3) is 0 Å². The van der Waals surface area contributed by atoms with Gasteiger partial charge in [-0.15, -0.1) is 0 Å². The third-order valence-corrected chi connectivity index (χ3v) is 4.34. The van der Waals surface area contributed by atoms with Crippen LogP contribution in [0.15, 0.2) is 0 Å². The summed E-state index contributed by atoms with van der Waals surface area (Å²) in [5, 5.41) is 3.80. The number of rotatable bonds is 2. The van der Waals surface area contributed by atoms with Crippen LogP contribution in [-0.2, 0) is 0 Å². The minimum atomic E-state index is 0.259. The molecule has 1 aliphatic carbocycles. The summed E-state index contributed by atoms with van der Waals surface area (Å²) in [6.07, 6.45) is 5.51. The molecule has 3 heteroatoms. The molecule has 1 heterocycles. The molecule has 18 heavy (non-hydrogen) atoms. The van der Waals surface area contributed by atoms with Crippen molar-refractivity contribution in [3.05, 3.63) is 0 Å². The zero-order chi connectivity index (χ0) is 13.2. The van der Waals surface area contributed by atoms with Crippen molar-refractivity contribution >= 4 is 0 Å². The van der Waals surface area contributed by atoms with Gasteiger partial charge in [0.2, 0.25) is 0 Å². The van der Waals surface area contributed by atoms with Gasteiger partial charge in [-0.05, 0) is 47.1 Å².